The molecule has 1 aromatic carbocycles. The van der Waals surface area contributed by atoms with Crippen LogP contribution < -0.4 is 10.9 Å². The molecule has 0 bridgehead atoms. The minimum absolute atomic E-state index is 0.608. The average molecular weight is 236 g/mol. The fourth-order valence-corrected chi connectivity index (χ4v) is 1.78. The maximum atomic E-state index is 8.77. The highest BCUT2D eigenvalue weighted by Gasteiger charge is 2.11. The van der Waals surface area contributed by atoms with Gasteiger partial charge in [0, 0.05) is 11.3 Å². The SMILES string of the molecule is N#CC1=CC=C(N(N)c2ccc(C#N)cc2)CC1. The van der Waals surface area contributed by atoms with Crippen LogP contribution in [0.15, 0.2) is 47.7 Å². The van der Waals surface area contributed by atoms with Crippen LogP contribution in [-0.4, -0.2) is 0 Å². The first-order valence-electron chi connectivity index (χ1n) is 5.59. The van der Waals surface area contributed by atoms with Crippen LogP contribution >= 0.6 is 0 Å². The highest BCUT2D eigenvalue weighted by Crippen LogP contribution is 2.23. The average Bonchev–Trinajstić information content (AvgIpc) is 2.47. The van der Waals surface area contributed by atoms with E-state index < -0.39 is 0 Å². The first kappa shape index (κ1) is 11.9. The molecular weight excluding hydrogens is 224 g/mol. The van der Waals surface area contributed by atoms with E-state index in [0.29, 0.717) is 12.0 Å². The summed E-state index contributed by atoms with van der Waals surface area (Å²) in [7, 11) is 0. The number of nitriles is 2. The smallest absolute Gasteiger partial charge is 0.0991 e. The molecule has 0 fully saturated rings. The molecule has 0 heterocycles. The third kappa shape index (κ3) is 2.40. The van der Waals surface area contributed by atoms with E-state index in [4.69, 9.17) is 16.4 Å². The van der Waals surface area contributed by atoms with Gasteiger partial charge in [0.1, 0.15) is 0 Å². The lowest BCUT2D eigenvalue weighted by Crippen LogP contribution is -2.30. The molecular formula is C14H12N4. The third-order valence-corrected chi connectivity index (χ3v) is 2.85. The molecule has 1 aromatic rings. The van der Waals surface area contributed by atoms with Crippen molar-refractivity contribution >= 4 is 5.69 Å². The molecule has 2 N–H and O–H groups in total. The molecule has 0 aliphatic heterocycles. The summed E-state index contributed by atoms with van der Waals surface area (Å²) in [4.78, 5) is 0. The van der Waals surface area contributed by atoms with E-state index in [1.165, 1.54) is 0 Å². The lowest BCUT2D eigenvalue weighted by Gasteiger charge is -2.23. The maximum Gasteiger partial charge on any atom is 0.0991 e. The molecule has 0 unspecified atom stereocenters. The number of hydrazine groups is 1. The van der Waals surface area contributed by atoms with Crippen molar-refractivity contribution in [3.63, 3.8) is 0 Å². The van der Waals surface area contributed by atoms with Gasteiger partial charge in [0.2, 0.25) is 0 Å². The van der Waals surface area contributed by atoms with Gasteiger partial charge in [-0.1, -0.05) is 0 Å². The van der Waals surface area contributed by atoms with Gasteiger partial charge < -0.3 is 0 Å². The standard InChI is InChI=1S/C14H12N4/c15-9-11-1-5-13(6-2-11)18(17)14-7-3-12(10-16)4-8-14/h1-3,5-7H,4,8,17H2. The van der Waals surface area contributed by atoms with Crippen molar-refractivity contribution in [2.24, 2.45) is 5.84 Å². The van der Waals surface area contributed by atoms with Crippen molar-refractivity contribution in [3.8, 4) is 12.1 Å². The Kier molecular flexibility index (Phi) is 3.43. The lowest BCUT2D eigenvalue weighted by atomic mass is 10.0. The Hall–Kier alpha value is -2.56. The van der Waals surface area contributed by atoms with E-state index >= 15 is 0 Å². The third-order valence-electron chi connectivity index (χ3n) is 2.85. The summed E-state index contributed by atoms with van der Waals surface area (Å²) in [6.07, 6.45) is 5.12. The van der Waals surface area contributed by atoms with Crippen molar-refractivity contribution < 1.29 is 0 Å². The van der Waals surface area contributed by atoms with E-state index in [9.17, 15) is 0 Å². The number of nitrogens with zero attached hydrogens (tertiary/aromatic N) is 3. The van der Waals surface area contributed by atoms with E-state index in [1.807, 2.05) is 18.2 Å². The van der Waals surface area contributed by atoms with Gasteiger partial charge in [-0.15, -0.1) is 0 Å². The number of anilines is 1. The Morgan fingerprint density at radius 3 is 2.22 bits per heavy atom. The Morgan fingerprint density at radius 2 is 1.72 bits per heavy atom. The largest absolute Gasteiger partial charge is 0.284 e. The van der Waals surface area contributed by atoms with Gasteiger partial charge in [-0.2, -0.15) is 10.5 Å². The number of benzene rings is 1. The van der Waals surface area contributed by atoms with Gasteiger partial charge in [0.15, 0.2) is 0 Å². The molecule has 0 aromatic heterocycles. The number of rotatable bonds is 2. The van der Waals surface area contributed by atoms with Crippen LogP contribution in [0.1, 0.15) is 18.4 Å². The lowest BCUT2D eigenvalue weighted by molar-refractivity contribution is 0.845. The summed E-state index contributed by atoms with van der Waals surface area (Å²) < 4.78 is 0. The molecule has 18 heavy (non-hydrogen) atoms. The van der Waals surface area contributed by atoms with E-state index in [0.717, 1.165) is 23.4 Å². The summed E-state index contributed by atoms with van der Waals surface area (Å²) in [5, 5.41) is 19.1. The molecule has 0 saturated carbocycles. The molecule has 0 amide bonds. The van der Waals surface area contributed by atoms with E-state index in [-0.39, 0.29) is 0 Å². The molecule has 88 valence electrons. The Morgan fingerprint density at radius 1 is 1.00 bits per heavy atom. The van der Waals surface area contributed by atoms with Crippen molar-refractivity contribution in [1.29, 1.82) is 10.5 Å². The van der Waals surface area contributed by atoms with Gasteiger partial charge in [-0.3, -0.25) is 5.01 Å². The molecule has 1 aliphatic rings. The van der Waals surface area contributed by atoms with Crippen molar-refractivity contribution in [1.82, 2.24) is 0 Å². The van der Waals surface area contributed by atoms with Crippen LogP contribution in [0.2, 0.25) is 0 Å². The van der Waals surface area contributed by atoms with E-state index in [1.54, 1.807) is 23.2 Å². The Bertz CT molecular complexity index is 582. The van der Waals surface area contributed by atoms with E-state index in [2.05, 4.69) is 12.1 Å². The zero-order chi connectivity index (χ0) is 13.0. The molecule has 0 radical (unpaired) electrons. The minimum Gasteiger partial charge on any atom is -0.284 e. The number of nitrogens with two attached hydrogens (primary N) is 1. The Labute approximate surface area is 106 Å². The molecule has 0 saturated heterocycles. The second-order valence-electron chi connectivity index (χ2n) is 3.99. The van der Waals surface area contributed by atoms with Crippen LogP contribution in [-0.2, 0) is 0 Å². The second kappa shape index (κ2) is 5.18. The number of hydrogen-bond donors (Lipinski definition) is 1. The van der Waals surface area contributed by atoms with Crippen LogP contribution in [0.25, 0.3) is 0 Å². The molecule has 4 heteroatoms. The van der Waals surface area contributed by atoms with Gasteiger partial charge in [-0.05, 0) is 49.3 Å². The van der Waals surface area contributed by atoms with Crippen LogP contribution in [0.3, 0.4) is 0 Å². The fourth-order valence-electron chi connectivity index (χ4n) is 1.78. The predicted octanol–water partition coefficient (Wildman–Crippen LogP) is 2.37. The number of hydrogen-bond acceptors (Lipinski definition) is 4. The fraction of sp³-hybridized carbons (Fsp3) is 0.143. The predicted molar refractivity (Wildman–Crippen MR) is 68.8 cm³/mol. The first-order valence-corrected chi connectivity index (χ1v) is 5.59. The Balaban J connectivity index is 2.20. The van der Waals surface area contributed by atoms with Crippen LogP contribution in [0.4, 0.5) is 5.69 Å². The first-order chi connectivity index (χ1) is 8.74. The number of allylic oxidation sites excluding steroid dienone is 4. The van der Waals surface area contributed by atoms with Crippen molar-refractivity contribution in [3.05, 3.63) is 53.3 Å². The zero-order valence-corrected chi connectivity index (χ0v) is 9.80. The molecule has 4 nitrogen and oxygen atoms in total. The quantitative estimate of drug-likeness (QED) is 0.631. The summed E-state index contributed by atoms with van der Waals surface area (Å²) in [6, 6.07) is 11.3. The summed E-state index contributed by atoms with van der Waals surface area (Å²) >= 11 is 0. The van der Waals surface area contributed by atoms with Gasteiger partial charge >= 0.3 is 0 Å². The molecule has 2 rings (SSSR count). The minimum atomic E-state index is 0.608. The summed E-state index contributed by atoms with van der Waals surface area (Å²) in [5.41, 5.74) is 3.16. The normalized spacial score (nSPS) is 13.9. The topological polar surface area (TPSA) is 76.8 Å². The van der Waals surface area contributed by atoms with Crippen molar-refractivity contribution in [2.75, 3.05) is 5.01 Å². The highest BCUT2D eigenvalue weighted by molar-refractivity contribution is 5.54. The maximum absolute atomic E-state index is 8.77. The summed E-state index contributed by atoms with van der Waals surface area (Å²) in [6.45, 7) is 0. The molecule has 0 spiro atoms. The second-order valence-corrected chi connectivity index (χ2v) is 3.99. The van der Waals surface area contributed by atoms with Gasteiger partial charge in [0.05, 0.1) is 23.4 Å². The van der Waals surface area contributed by atoms with Crippen LogP contribution in [0.5, 0.6) is 0 Å². The molecule has 0 atom stereocenters. The summed E-state index contributed by atoms with van der Waals surface area (Å²) in [5.74, 6) is 6.02. The van der Waals surface area contributed by atoms with Crippen molar-refractivity contribution in [2.45, 2.75) is 12.8 Å². The highest BCUT2D eigenvalue weighted by atomic mass is 15.4. The monoisotopic (exact) mass is 236 g/mol. The van der Waals surface area contributed by atoms with Gasteiger partial charge in [0.25, 0.3) is 0 Å². The zero-order valence-electron chi connectivity index (χ0n) is 9.80. The molecule has 1 aliphatic carbocycles. The van der Waals surface area contributed by atoms with Gasteiger partial charge in [-0.25, -0.2) is 5.84 Å². The van der Waals surface area contributed by atoms with Crippen LogP contribution in [0, 0.1) is 22.7 Å².